The first kappa shape index (κ1) is 16.9. The van der Waals surface area contributed by atoms with Crippen molar-refractivity contribution in [2.24, 2.45) is 0 Å². The smallest absolute Gasteiger partial charge is 0.280 e. The van der Waals surface area contributed by atoms with Gasteiger partial charge >= 0.3 is 0 Å². The summed E-state index contributed by atoms with van der Waals surface area (Å²) in [6, 6.07) is 3.96. The monoisotopic (exact) mass is 331 g/mol. The predicted molar refractivity (Wildman–Crippen MR) is 87.6 cm³/mol. The topological polar surface area (TPSA) is 61.4 Å². The molecule has 0 aliphatic carbocycles. The second kappa shape index (κ2) is 8.24. The van der Waals surface area contributed by atoms with Gasteiger partial charge < -0.3 is 5.32 Å². The zero-order chi connectivity index (χ0) is 15.1. The van der Waals surface area contributed by atoms with Crippen LogP contribution in [0.5, 0.6) is 0 Å². The van der Waals surface area contributed by atoms with Gasteiger partial charge in [0.2, 0.25) is 0 Å². The summed E-state index contributed by atoms with van der Waals surface area (Å²) in [6.07, 6.45) is 4.06. The number of nitrogens with zero attached hydrogens (tertiary/aromatic N) is 1. The lowest BCUT2D eigenvalue weighted by Gasteiger charge is -2.34. The van der Waals surface area contributed by atoms with Crippen molar-refractivity contribution in [1.29, 1.82) is 0 Å². The molecular weight excluding hydrogens is 306 g/mol. The molecule has 21 heavy (non-hydrogen) atoms. The van der Waals surface area contributed by atoms with Crippen LogP contribution < -0.4 is 10.0 Å². The van der Waals surface area contributed by atoms with Crippen LogP contribution in [-0.2, 0) is 16.8 Å². The number of piperidine rings is 1. The van der Waals surface area contributed by atoms with Crippen LogP contribution in [0.25, 0.3) is 0 Å². The van der Waals surface area contributed by atoms with E-state index in [0.717, 1.165) is 43.6 Å². The molecule has 1 aliphatic rings. The molecule has 1 saturated heterocycles. The summed E-state index contributed by atoms with van der Waals surface area (Å²) >= 11 is 1.57. The maximum absolute atomic E-state index is 12.5. The van der Waals surface area contributed by atoms with E-state index in [1.165, 1.54) is 0 Å². The third-order valence-corrected chi connectivity index (χ3v) is 6.18. The summed E-state index contributed by atoms with van der Waals surface area (Å²) in [6.45, 7) is 4.80. The molecule has 1 aliphatic heterocycles. The lowest BCUT2D eigenvalue weighted by Crippen LogP contribution is -2.52. The van der Waals surface area contributed by atoms with E-state index in [1.807, 2.05) is 17.5 Å². The van der Waals surface area contributed by atoms with Gasteiger partial charge in [0.05, 0.1) is 0 Å². The van der Waals surface area contributed by atoms with Crippen molar-refractivity contribution in [2.45, 2.75) is 45.2 Å². The number of nitrogens with one attached hydrogen (secondary N) is 2. The first-order chi connectivity index (χ1) is 10.1. The van der Waals surface area contributed by atoms with Gasteiger partial charge in [-0.2, -0.15) is 17.4 Å². The molecule has 0 saturated carbocycles. The highest BCUT2D eigenvalue weighted by atomic mass is 32.2. The normalized spacial score (nSPS) is 20.7. The number of rotatable bonds is 8. The Morgan fingerprint density at radius 3 is 3.00 bits per heavy atom. The number of hydrogen-bond acceptors (Lipinski definition) is 4. The van der Waals surface area contributed by atoms with E-state index >= 15 is 0 Å². The second-order valence-electron chi connectivity index (χ2n) is 5.37. The van der Waals surface area contributed by atoms with Gasteiger partial charge in [-0.3, -0.25) is 0 Å². The van der Waals surface area contributed by atoms with Gasteiger partial charge in [-0.15, -0.1) is 11.3 Å². The maximum Gasteiger partial charge on any atom is 0.280 e. The lowest BCUT2D eigenvalue weighted by atomic mass is 10.1. The van der Waals surface area contributed by atoms with Crippen molar-refractivity contribution in [3.05, 3.63) is 22.4 Å². The zero-order valence-electron chi connectivity index (χ0n) is 12.5. The molecule has 0 bridgehead atoms. The Labute approximate surface area is 131 Å². The highest BCUT2D eigenvalue weighted by Crippen LogP contribution is 2.20. The highest BCUT2D eigenvalue weighted by Gasteiger charge is 2.31. The maximum atomic E-state index is 12.5. The Balaban J connectivity index is 1.94. The number of thiophene rings is 1. The van der Waals surface area contributed by atoms with E-state index in [0.29, 0.717) is 13.1 Å². The summed E-state index contributed by atoms with van der Waals surface area (Å²) in [4.78, 5) is 1.04. The van der Waals surface area contributed by atoms with Crippen LogP contribution in [0.2, 0.25) is 0 Å². The van der Waals surface area contributed by atoms with Crippen LogP contribution in [0.1, 0.15) is 37.5 Å². The Morgan fingerprint density at radius 2 is 2.29 bits per heavy atom. The van der Waals surface area contributed by atoms with E-state index in [4.69, 9.17) is 0 Å². The van der Waals surface area contributed by atoms with Crippen molar-refractivity contribution in [3.63, 3.8) is 0 Å². The fraction of sp³-hybridized carbons (Fsp3) is 0.714. The van der Waals surface area contributed by atoms with Crippen LogP contribution in [0.4, 0.5) is 0 Å². The molecule has 1 aromatic rings. The zero-order valence-corrected chi connectivity index (χ0v) is 14.2. The molecule has 2 N–H and O–H groups in total. The van der Waals surface area contributed by atoms with Crippen LogP contribution in [0.3, 0.4) is 0 Å². The first-order valence-electron chi connectivity index (χ1n) is 7.63. The Hall–Kier alpha value is -0.470. The molecular formula is C14H25N3O2S2. The molecule has 5 nitrogen and oxygen atoms in total. The Morgan fingerprint density at radius 1 is 1.43 bits per heavy atom. The van der Waals surface area contributed by atoms with E-state index in [2.05, 4.69) is 17.0 Å². The molecule has 120 valence electrons. The molecule has 1 atom stereocenters. The molecule has 2 heterocycles. The molecule has 7 heteroatoms. The van der Waals surface area contributed by atoms with E-state index < -0.39 is 10.2 Å². The summed E-state index contributed by atoms with van der Waals surface area (Å²) in [5.41, 5.74) is 0. The third kappa shape index (κ3) is 5.03. The van der Waals surface area contributed by atoms with Crippen molar-refractivity contribution in [2.75, 3.05) is 19.6 Å². The lowest BCUT2D eigenvalue weighted by molar-refractivity contribution is 0.243. The molecule has 2 rings (SSSR count). The third-order valence-electron chi connectivity index (χ3n) is 3.70. The molecule has 0 amide bonds. The molecule has 1 unspecified atom stereocenters. The summed E-state index contributed by atoms with van der Waals surface area (Å²) in [5, 5.41) is 5.31. The second-order valence-corrected chi connectivity index (χ2v) is 8.11. The molecule has 1 fully saturated rings. The van der Waals surface area contributed by atoms with E-state index in [9.17, 15) is 8.42 Å². The van der Waals surface area contributed by atoms with Crippen molar-refractivity contribution >= 4 is 21.5 Å². The summed E-state index contributed by atoms with van der Waals surface area (Å²) in [7, 11) is -3.40. The summed E-state index contributed by atoms with van der Waals surface area (Å²) in [5.74, 6) is 0. The van der Waals surface area contributed by atoms with E-state index in [1.54, 1.807) is 15.6 Å². The average molecular weight is 332 g/mol. The molecule has 0 spiro atoms. The predicted octanol–water partition coefficient (Wildman–Crippen LogP) is 1.94. The minimum Gasteiger partial charge on any atom is -0.315 e. The fourth-order valence-electron chi connectivity index (χ4n) is 2.60. The van der Waals surface area contributed by atoms with Gasteiger partial charge in [-0.05, 0) is 37.3 Å². The van der Waals surface area contributed by atoms with Gasteiger partial charge in [0.15, 0.2) is 0 Å². The minimum atomic E-state index is -3.40. The van der Waals surface area contributed by atoms with Crippen molar-refractivity contribution < 1.29 is 8.42 Å². The fourth-order valence-corrected chi connectivity index (χ4v) is 4.78. The van der Waals surface area contributed by atoms with Crippen LogP contribution in [-0.4, -0.2) is 38.4 Å². The number of hydrogen-bond donors (Lipinski definition) is 2. The minimum absolute atomic E-state index is 0.0751. The molecule has 0 aromatic carbocycles. The van der Waals surface area contributed by atoms with Gasteiger partial charge in [0.25, 0.3) is 10.2 Å². The van der Waals surface area contributed by atoms with Crippen LogP contribution in [0, 0.1) is 0 Å². The van der Waals surface area contributed by atoms with Crippen LogP contribution in [0.15, 0.2) is 17.5 Å². The molecule has 1 aromatic heterocycles. The van der Waals surface area contributed by atoms with Crippen molar-refractivity contribution in [3.8, 4) is 0 Å². The van der Waals surface area contributed by atoms with Gasteiger partial charge in [-0.25, -0.2) is 0 Å². The average Bonchev–Trinajstić information content (AvgIpc) is 2.99. The van der Waals surface area contributed by atoms with Crippen molar-refractivity contribution in [1.82, 2.24) is 14.3 Å². The summed E-state index contributed by atoms with van der Waals surface area (Å²) < 4.78 is 29.4. The van der Waals surface area contributed by atoms with Gasteiger partial charge in [0.1, 0.15) is 0 Å². The largest absolute Gasteiger partial charge is 0.315 e. The Kier molecular flexibility index (Phi) is 6.63. The van der Waals surface area contributed by atoms with Crippen LogP contribution >= 0.6 is 11.3 Å². The highest BCUT2D eigenvalue weighted by molar-refractivity contribution is 7.87. The van der Waals surface area contributed by atoms with E-state index in [-0.39, 0.29) is 6.04 Å². The van der Waals surface area contributed by atoms with Gasteiger partial charge in [0, 0.05) is 30.6 Å². The SMILES string of the molecule is CCCNCC1CCCCN1S(=O)(=O)NCc1cccs1. The van der Waals surface area contributed by atoms with Gasteiger partial charge in [-0.1, -0.05) is 19.4 Å². The Bertz CT molecular complexity index is 502. The quantitative estimate of drug-likeness (QED) is 0.716. The standard InChI is InChI=1S/C14H25N3O2S2/c1-2-8-15-11-13-6-3-4-9-17(13)21(18,19)16-12-14-7-5-10-20-14/h5,7,10,13,15-16H,2-4,6,8-9,11-12H2,1H3. The first-order valence-corrected chi connectivity index (χ1v) is 9.95. The molecule has 0 radical (unpaired) electrons.